The van der Waals surface area contributed by atoms with Crippen LogP contribution in [0.15, 0.2) is 93.5 Å². The van der Waals surface area contributed by atoms with E-state index in [4.69, 9.17) is 0 Å². The van der Waals surface area contributed by atoms with Crippen LogP contribution in [0, 0.1) is 0 Å². The van der Waals surface area contributed by atoms with Gasteiger partial charge in [-0.05, 0) is 18.2 Å². The Morgan fingerprint density at radius 1 is 0.720 bits per heavy atom. The first-order chi connectivity index (χ1) is 12.2. The van der Waals surface area contributed by atoms with Gasteiger partial charge in [0.2, 0.25) is 0 Å². The Bertz CT molecular complexity index is 960. The average Bonchev–Trinajstić information content (AvgIpc) is 2.81. The summed E-state index contributed by atoms with van der Waals surface area (Å²) in [5.41, 5.74) is 5.13. The second kappa shape index (κ2) is 6.65. The van der Waals surface area contributed by atoms with Crippen LogP contribution >= 0.6 is 15.9 Å². The highest BCUT2D eigenvalue weighted by molar-refractivity contribution is 9.10. The summed E-state index contributed by atoms with van der Waals surface area (Å²) in [7, 11) is 2.03. The number of anilines is 1. The normalized spacial score (nSPS) is 13.6. The lowest BCUT2D eigenvalue weighted by Gasteiger charge is -2.22. The molecular formula is C21H16BrN3. The van der Waals surface area contributed by atoms with E-state index in [1.54, 1.807) is 0 Å². The molecule has 0 radical (unpaired) electrons. The molecule has 1 aliphatic heterocycles. The summed E-state index contributed by atoms with van der Waals surface area (Å²) in [6.07, 6.45) is 0. The molecule has 1 aliphatic rings. The van der Waals surface area contributed by atoms with E-state index in [2.05, 4.69) is 55.3 Å². The molecule has 3 aromatic rings. The van der Waals surface area contributed by atoms with Crippen LogP contribution in [0.1, 0.15) is 16.7 Å². The van der Waals surface area contributed by atoms with E-state index in [9.17, 15) is 0 Å². The molecule has 3 nitrogen and oxygen atoms in total. The van der Waals surface area contributed by atoms with Crippen molar-refractivity contribution in [1.82, 2.24) is 0 Å². The molecule has 3 aromatic carbocycles. The molecule has 0 fully saturated rings. The van der Waals surface area contributed by atoms with Crippen molar-refractivity contribution < 1.29 is 0 Å². The average molecular weight is 390 g/mol. The molecule has 4 heteroatoms. The third-order valence-corrected chi connectivity index (χ3v) is 4.76. The number of hydrogen-bond acceptors (Lipinski definition) is 3. The first-order valence-corrected chi connectivity index (χ1v) is 8.83. The first kappa shape index (κ1) is 15.8. The predicted octanol–water partition coefficient (Wildman–Crippen LogP) is 5.10. The number of para-hydroxylation sites is 1. The van der Waals surface area contributed by atoms with Gasteiger partial charge in [-0.3, -0.25) is 0 Å². The van der Waals surface area contributed by atoms with Crippen LogP contribution in [0.4, 0.5) is 5.69 Å². The lowest BCUT2D eigenvalue weighted by molar-refractivity contribution is 1.18. The monoisotopic (exact) mass is 389 g/mol. The van der Waals surface area contributed by atoms with Gasteiger partial charge in [0, 0.05) is 28.2 Å². The third-order valence-electron chi connectivity index (χ3n) is 4.23. The van der Waals surface area contributed by atoms with Crippen LogP contribution in [0.2, 0.25) is 0 Å². The van der Waals surface area contributed by atoms with Crippen molar-refractivity contribution in [2.75, 3.05) is 11.9 Å². The molecule has 0 saturated carbocycles. The van der Waals surface area contributed by atoms with Crippen molar-refractivity contribution >= 4 is 33.2 Å². The Morgan fingerprint density at radius 3 is 2.16 bits per heavy atom. The Kier molecular flexibility index (Phi) is 4.20. The SMILES string of the molecule is CN1C(c2ccc(Br)cc2)=NN=C(c2ccccc2)c2ccccc21. The van der Waals surface area contributed by atoms with Crippen molar-refractivity contribution in [2.24, 2.45) is 10.2 Å². The summed E-state index contributed by atoms with van der Waals surface area (Å²) in [4.78, 5) is 2.10. The lowest BCUT2D eigenvalue weighted by atomic mass is 10.00. The summed E-state index contributed by atoms with van der Waals surface area (Å²) in [5, 5.41) is 9.21. The van der Waals surface area contributed by atoms with Gasteiger partial charge in [-0.25, -0.2) is 0 Å². The third kappa shape index (κ3) is 3.01. The van der Waals surface area contributed by atoms with Gasteiger partial charge >= 0.3 is 0 Å². The molecule has 0 aromatic heterocycles. The second-order valence-electron chi connectivity index (χ2n) is 5.82. The molecule has 0 amide bonds. The summed E-state index contributed by atoms with van der Waals surface area (Å²) in [5.74, 6) is 0.825. The zero-order valence-corrected chi connectivity index (χ0v) is 15.3. The van der Waals surface area contributed by atoms with Gasteiger partial charge in [-0.1, -0.05) is 76.6 Å². The smallest absolute Gasteiger partial charge is 0.162 e. The van der Waals surface area contributed by atoms with E-state index in [1.165, 1.54) is 0 Å². The summed E-state index contributed by atoms with van der Waals surface area (Å²) in [6.45, 7) is 0. The van der Waals surface area contributed by atoms with Crippen molar-refractivity contribution in [1.29, 1.82) is 0 Å². The van der Waals surface area contributed by atoms with E-state index in [-0.39, 0.29) is 0 Å². The van der Waals surface area contributed by atoms with E-state index in [0.717, 1.165) is 38.4 Å². The Hall–Kier alpha value is -2.72. The second-order valence-corrected chi connectivity index (χ2v) is 6.74. The molecule has 0 spiro atoms. The van der Waals surface area contributed by atoms with Gasteiger partial charge in [-0.2, -0.15) is 0 Å². The highest BCUT2D eigenvalue weighted by Crippen LogP contribution is 2.27. The number of amidine groups is 1. The fraction of sp³-hybridized carbons (Fsp3) is 0.0476. The zero-order valence-electron chi connectivity index (χ0n) is 13.7. The molecule has 4 rings (SSSR count). The number of hydrogen-bond donors (Lipinski definition) is 0. The number of fused-ring (bicyclic) bond motifs is 1. The van der Waals surface area contributed by atoms with E-state index in [1.807, 2.05) is 61.6 Å². The summed E-state index contributed by atoms with van der Waals surface area (Å²) < 4.78 is 1.04. The van der Waals surface area contributed by atoms with Crippen LogP contribution in [-0.4, -0.2) is 18.6 Å². The molecule has 0 saturated heterocycles. The maximum absolute atomic E-state index is 4.62. The molecule has 0 atom stereocenters. The number of rotatable bonds is 2. The minimum atomic E-state index is 0.825. The molecule has 1 heterocycles. The van der Waals surface area contributed by atoms with Gasteiger partial charge in [0.15, 0.2) is 5.84 Å². The Morgan fingerprint density at radius 2 is 1.40 bits per heavy atom. The van der Waals surface area contributed by atoms with Crippen LogP contribution in [0.5, 0.6) is 0 Å². The highest BCUT2D eigenvalue weighted by atomic mass is 79.9. The Labute approximate surface area is 155 Å². The molecule has 0 unspecified atom stereocenters. The van der Waals surface area contributed by atoms with Gasteiger partial charge in [0.25, 0.3) is 0 Å². The van der Waals surface area contributed by atoms with Gasteiger partial charge in [-0.15, -0.1) is 10.2 Å². The van der Waals surface area contributed by atoms with Gasteiger partial charge in [0.05, 0.1) is 5.69 Å². The first-order valence-electron chi connectivity index (χ1n) is 8.04. The van der Waals surface area contributed by atoms with Crippen LogP contribution in [0.3, 0.4) is 0 Å². The topological polar surface area (TPSA) is 28.0 Å². The lowest BCUT2D eigenvalue weighted by Crippen LogP contribution is -2.27. The van der Waals surface area contributed by atoms with E-state index in [0.29, 0.717) is 0 Å². The van der Waals surface area contributed by atoms with Crippen molar-refractivity contribution in [3.8, 4) is 0 Å². The molecule has 122 valence electrons. The predicted molar refractivity (Wildman–Crippen MR) is 108 cm³/mol. The maximum Gasteiger partial charge on any atom is 0.162 e. The van der Waals surface area contributed by atoms with Crippen LogP contribution in [0.25, 0.3) is 0 Å². The number of halogens is 1. The number of nitrogens with zero attached hydrogens (tertiary/aromatic N) is 3. The van der Waals surface area contributed by atoms with Crippen LogP contribution < -0.4 is 4.90 Å². The molecule has 0 bridgehead atoms. The molecular weight excluding hydrogens is 374 g/mol. The van der Waals surface area contributed by atoms with Crippen molar-refractivity contribution in [2.45, 2.75) is 0 Å². The highest BCUT2D eigenvalue weighted by Gasteiger charge is 2.21. The fourth-order valence-corrected chi connectivity index (χ4v) is 3.22. The van der Waals surface area contributed by atoms with E-state index < -0.39 is 0 Å². The minimum Gasteiger partial charge on any atom is -0.327 e. The Balaban J connectivity index is 1.91. The molecule has 0 aliphatic carbocycles. The van der Waals surface area contributed by atoms with Crippen LogP contribution in [-0.2, 0) is 0 Å². The number of benzene rings is 3. The van der Waals surface area contributed by atoms with Gasteiger partial charge in [0.1, 0.15) is 5.71 Å². The quantitative estimate of drug-likeness (QED) is 0.599. The maximum atomic E-state index is 4.62. The van der Waals surface area contributed by atoms with E-state index >= 15 is 0 Å². The summed E-state index contributed by atoms with van der Waals surface area (Å²) >= 11 is 3.48. The van der Waals surface area contributed by atoms with Crippen molar-refractivity contribution in [3.63, 3.8) is 0 Å². The fourth-order valence-electron chi connectivity index (χ4n) is 2.96. The zero-order chi connectivity index (χ0) is 17.2. The minimum absolute atomic E-state index is 0.825. The molecule has 25 heavy (non-hydrogen) atoms. The largest absolute Gasteiger partial charge is 0.327 e. The standard InChI is InChI=1S/C21H16BrN3/c1-25-19-10-6-5-9-18(19)20(15-7-3-2-4-8-15)23-24-21(25)16-11-13-17(22)14-12-16/h2-14H,1H3. The molecule has 0 N–H and O–H groups in total. The summed E-state index contributed by atoms with van der Waals surface area (Å²) in [6, 6.07) is 26.6. The van der Waals surface area contributed by atoms with Gasteiger partial charge < -0.3 is 4.90 Å². The van der Waals surface area contributed by atoms with Crippen molar-refractivity contribution in [3.05, 3.63) is 100 Å².